The lowest BCUT2D eigenvalue weighted by Gasteiger charge is -2.34. The second kappa shape index (κ2) is 10.8. The Bertz CT molecular complexity index is 1020. The fourth-order valence-corrected chi connectivity index (χ4v) is 3.93. The molecule has 1 aliphatic rings. The molecule has 0 bridgehead atoms. The Morgan fingerprint density at radius 3 is 2.00 bits per heavy atom. The standard InChI is InChI=1S/C27H30N4O/c1-22(24-12-14-26(15-13-24)25-10-6-3-7-11-25)28-29-27(32)21-31-18-16-30(17-19-31)20-23-8-4-2-5-9-23/h2-15H,16-21H2,1H3,(H,29,32). The van der Waals surface area contributed by atoms with Crippen molar-refractivity contribution >= 4 is 11.6 Å². The van der Waals surface area contributed by atoms with E-state index in [4.69, 9.17) is 0 Å². The van der Waals surface area contributed by atoms with Gasteiger partial charge in [0.05, 0.1) is 12.3 Å². The third-order valence-corrected chi connectivity index (χ3v) is 5.84. The molecule has 1 amide bonds. The van der Waals surface area contributed by atoms with Crippen LogP contribution in [0.2, 0.25) is 0 Å². The van der Waals surface area contributed by atoms with Crippen molar-refractivity contribution < 1.29 is 4.79 Å². The van der Waals surface area contributed by atoms with E-state index < -0.39 is 0 Å². The van der Waals surface area contributed by atoms with Gasteiger partial charge in [0.1, 0.15) is 0 Å². The summed E-state index contributed by atoms with van der Waals surface area (Å²) in [5, 5.41) is 4.31. The number of nitrogens with zero attached hydrogens (tertiary/aromatic N) is 3. The molecule has 0 aliphatic carbocycles. The SMILES string of the molecule is CC(=NNC(=O)CN1CCN(Cc2ccccc2)CC1)c1ccc(-c2ccccc2)cc1. The number of hydrogen-bond donors (Lipinski definition) is 1. The maximum Gasteiger partial charge on any atom is 0.254 e. The van der Waals surface area contributed by atoms with Crippen molar-refractivity contribution in [3.63, 3.8) is 0 Å². The minimum absolute atomic E-state index is 0.0678. The average Bonchev–Trinajstić information content (AvgIpc) is 2.85. The topological polar surface area (TPSA) is 47.9 Å². The number of hydrogen-bond acceptors (Lipinski definition) is 4. The van der Waals surface area contributed by atoms with Crippen LogP contribution in [0.4, 0.5) is 0 Å². The van der Waals surface area contributed by atoms with Gasteiger partial charge in [0, 0.05) is 32.7 Å². The van der Waals surface area contributed by atoms with Gasteiger partial charge in [0.2, 0.25) is 0 Å². The zero-order chi connectivity index (χ0) is 22.2. The van der Waals surface area contributed by atoms with E-state index >= 15 is 0 Å². The zero-order valence-corrected chi connectivity index (χ0v) is 18.6. The molecule has 164 valence electrons. The number of rotatable bonds is 7. The predicted octanol–water partition coefficient (Wildman–Crippen LogP) is 4.01. The van der Waals surface area contributed by atoms with Crippen LogP contribution in [0.3, 0.4) is 0 Å². The molecule has 4 rings (SSSR count). The van der Waals surface area contributed by atoms with Crippen molar-refractivity contribution in [2.75, 3.05) is 32.7 Å². The van der Waals surface area contributed by atoms with E-state index in [0.29, 0.717) is 6.54 Å². The van der Waals surface area contributed by atoms with Crippen LogP contribution >= 0.6 is 0 Å². The Labute approximate surface area is 190 Å². The van der Waals surface area contributed by atoms with Crippen molar-refractivity contribution in [1.82, 2.24) is 15.2 Å². The number of benzene rings is 3. The van der Waals surface area contributed by atoms with Crippen LogP contribution in [0, 0.1) is 0 Å². The smallest absolute Gasteiger partial charge is 0.254 e. The number of hydrazone groups is 1. The lowest BCUT2D eigenvalue weighted by Crippen LogP contribution is -2.48. The van der Waals surface area contributed by atoms with Crippen molar-refractivity contribution in [2.45, 2.75) is 13.5 Å². The van der Waals surface area contributed by atoms with Gasteiger partial charge < -0.3 is 0 Å². The lowest BCUT2D eigenvalue weighted by molar-refractivity contribution is -0.122. The fourth-order valence-electron chi connectivity index (χ4n) is 3.93. The molecular weight excluding hydrogens is 396 g/mol. The third kappa shape index (κ3) is 6.13. The minimum Gasteiger partial charge on any atom is -0.297 e. The molecule has 3 aromatic carbocycles. The average molecular weight is 427 g/mol. The molecule has 1 N–H and O–H groups in total. The summed E-state index contributed by atoms with van der Waals surface area (Å²) >= 11 is 0. The van der Waals surface area contributed by atoms with Crippen molar-refractivity contribution in [2.24, 2.45) is 5.10 Å². The summed E-state index contributed by atoms with van der Waals surface area (Å²) in [7, 11) is 0. The van der Waals surface area contributed by atoms with E-state index in [1.807, 2.05) is 43.3 Å². The first-order chi connectivity index (χ1) is 15.7. The van der Waals surface area contributed by atoms with Crippen molar-refractivity contribution in [3.8, 4) is 11.1 Å². The van der Waals surface area contributed by atoms with Crippen LogP contribution in [-0.4, -0.2) is 54.1 Å². The molecule has 5 heteroatoms. The number of carbonyl (C=O) groups excluding carboxylic acids is 1. The van der Waals surface area contributed by atoms with Gasteiger partial charge >= 0.3 is 0 Å². The molecule has 0 radical (unpaired) electrons. The largest absolute Gasteiger partial charge is 0.297 e. The monoisotopic (exact) mass is 426 g/mol. The molecule has 32 heavy (non-hydrogen) atoms. The molecule has 1 fully saturated rings. The molecule has 1 heterocycles. The van der Waals surface area contributed by atoms with Gasteiger partial charge in [-0.2, -0.15) is 5.10 Å². The summed E-state index contributed by atoms with van der Waals surface area (Å²) in [6.45, 7) is 6.99. The second-order valence-electron chi connectivity index (χ2n) is 8.21. The zero-order valence-electron chi connectivity index (χ0n) is 18.6. The molecular formula is C27H30N4O. The number of carbonyl (C=O) groups is 1. The molecule has 3 aromatic rings. The van der Waals surface area contributed by atoms with Crippen molar-refractivity contribution in [1.29, 1.82) is 0 Å². The predicted molar refractivity (Wildman–Crippen MR) is 130 cm³/mol. The first kappa shape index (κ1) is 21.9. The first-order valence-electron chi connectivity index (χ1n) is 11.1. The van der Waals surface area contributed by atoms with E-state index in [9.17, 15) is 4.79 Å². The quantitative estimate of drug-likeness (QED) is 0.459. The van der Waals surface area contributed by atoms with E-state index in [1.54, 1.807) is 0 Å². The van der Waals surface area contributed by atoms with Gasteiger partial charge in [-0.05, 0) is 29.2 Å². The number of piperazine rings is 1. The summed E-state index contributed by atoms with van der Waals surface area (Å²) in [6, 6.07) is 29.1. The Morgan fingerprint density at radius 1 is 0.781 bits per heavy atom. The van der Waals surface area contributed by atoms with Crippen LogP contribution < -0.4 is 5.43 Å². The van der Waals surface area contributed by atoms with Crippen LogP contribution in [0.25, 0.3) is 11.1 Å². The van der Waals surface area contributed by atoms with E-state index in [2.05, 4.69) is 68.9 Å². The van der Waals surface area contributed by atoms with Crippen molar-refractivity contribution in [3.05, 3.63) is 96.1 Å². The van der Waals surface area contributed by atoms with Crippen LogP contribution in [0.5, 0.6) is 0 Å². The van der Waals surface area contributed by atoms with Crippen LogP contribution in [0.1, 0.15) is 18.1 Å². The van der Waals surface area contributed by atoms with E-state index in [0.717, 1.165) is 49.6 Å². The fraction of sp³-hybridized carbons (Fsp3) is 0.259. The summed E-state index contributed by atoms with van der Waals surface area (Å²) in [5.74, 6) is -0.0678. The highest BCUT2D eigenvalue weighted by Gasteiger charge is 2.18. The molecule has 5 nitrogen and oxygen atoms in total. The van der Waals surface area contributed by atoms with Crippen LogP contribution in [-0.2, 0) is 11.3 Å². The molecule has 0 saturated carbocycles. The highest BCUT2D eigenvalue weighted by Crippen LogP contribution is 2.19. The first-order valence-corrected chi connectivity index (χ1v) is 11.1. The Hall–Kier alpha value is -3.28. The van der Waals surface area contributed by atoms with E-state index in [1.165, 1.54) is 11.1 Å². The van der Waals surface area contributed by atoms with Crippen LogP contribution in [0.15, 0.2) is 90.0 Å². The van der Waals surface area contributed by atoms with Gasteiger partial charge in [0.25, 0.3) is 5.91 Å². The highest BCUT2D eigenvalue weighted by atomic mass is 16.2. The molecule has 0 aromatic heterocycles. The molecule has 1 aliphatic heterocycles. The van der Waals surface area contributed by atoms with Gasteiger partial charge in [-0.1, -0.05) is 84.9 Å². The lowest BCUT2D eigenvalue weighted by atomic mass is 10.0. The van der Waals surface area contributed by atoms with Gasteiger partial charge in [-0.15, -0.1) is 0 Å². The maximum atomic E-state index is 12.4. The highest BCUT2D eigenvalue weighted by molar-refractivity contribution is 5.99. The van der Waals surface area contributed by atoms with Gasteiger partial charge in [-0.3, -0.25) is 14.6 Å². The third-order valence-electron chi connectivity index (χ3n) is 5.84. The van der Waals surface area contributed by atoms with Gasteiger partial charge in [-0.25, -0.2) is 5.43 Å². The maximum absolute atomic E-state index is 12.4. The van der Waals surface area contributed by atoms with E-state index in [-0.39, 0.29) is 5.91 Å². The molecule has 0 spiro atoms. The Balaban J connectivity index is 1.23. The minimum atomic E-state index is -0.0678. The summed E-state index contributed by atoms with van der Waals surface area (Å²) in [6.07, 6.45) is 0. The molecule has 1 saturated heterocycles. The number of amides is 1. The molecule has 0 unspecified atom stereocenters. The van der Waals surface area contributed by atoms with Gasteiger partial charge in [0.15, 0.2) is 0 Å². The number of nitrogens with one attached hydrogen (secondary N) is 1. The Kier molecular flexibility index (Phi) is 7.43. The summed E-state index contributed by atoms with van der Waals surface area (Å²) < 4.78 is 0. The summed E-state index contributed by atoms with van der Waals surface area (Å²) in [4.78, 5) is 17.0. The second-order valence-corrected chi connectivity index (χ2v) is 8.21. The Morgan fingerprint density at radius 2 is 1.34 bits per heavy atom. The summed E-state index contributed by atoms with van der Waals surface area (Å²) in [5.41, 5.74) is 8.20. The normalized spacial score (nSPS) is 15.5. The molecule has 0 atom stereocenters.